The number of hydrogen-bond acceptors (Lipinski definition) is 6. The predicted octanol–water partition coefficient (Wildman–Crippen LogP) is 12.5. The lowest BCUT2D eigenvalue weighted by Crippen LogP contribution is -2.33. The van der Waals surface area contributed by atoms with Gasteiger partial charge in [-0.15, -0.1) is 22.7 Å². The van der Waals surface area contributed by atoms with E-state index in [1.807, 2.05) is 28.7 Å². The largest absolute Gasteiger partial charge is 0.456 e. The first-order valence-electron chi connectivity index (χ1n) is 17.0. The molecule has 6 heteroatoms. The molecule has 11 rings (SSSR count). The second-order valence-corrected chi connectivity index (χ2v) is 15.1. The van der Waals surface area contributed by atoms with Crippen LogP contribution in [0.2, 0.25) is 0 Å². The molecule has 0 spiro atoms. The van der Waals surface area contributed by atoms with Crippen molar-refractivity contribution in [3.05, 3.63) is 168 Å². The SMILES string of the molecule is c1ccc(C2N=C(c3ccc4sc5ccccc5c4c3)N=C(c3cccc4oc5cccc(-c6cccc7sc8ccccc8c67)c5c34)N2)cc1. The molecule has 0 saturated heterocycles. The van der Waals surface area contributed by atoms with Gasteiger partial charge < -0.3 is 9.73 Å². The van der Waals surface area contributed by atoms with E-state index in [4.69, 9.17) is 14.4 Å². The summed E-state index contributed by atoms with van der Waals surface area (Å²) in [7, 11) is 0. The van der Waals surface area contributed by atoms with Gasteiger partial charge in [-0.3, -0.25) is 0 Å². The highest BCUT2D eigenvalue weighted by molar-refractivity contribution is 7.26. The molecule has 240 valence electrons. The fraction of sp³-hybridized carbons (Fsp3) is 0.0222. The fourth-order valence-electron chi connectivity index (χ4n) is 7.67. The number of aliphatic imine (C=N–C) groups is 2. The summed E-state index contributed by atoms with van der Waals surface area (Å²) in [4.78, 5) is 10.5. The van der Waals surface area contributed by atoms with Gasteiger partial charge in [-0.05, 0) is 65.2 Å². The summed E-state index contributed by atoms with van der Waals surface area (Å²) in [5.41, 5.74) is 7.08. The van der Waals surface area contributed by atoms with Crippen LogP contribution in [0.1, 0.15) is 22.9 Å². The zero-order valence-electron chi connectivity index (χ0n) is 27.1. The Bertz CT molecular complexity index is 3070. The molecule has 1 aliphatic rings. The molecule has 51 heavy (non-hydrogen) atoms. The maximum atomic E-state index is 6.62. The highest BCUT2D eigenvalue weighted by Crippen LogP contribution is 2.45. The number of amidine groups is 2. The third kappa shape index (κ3) is 4.50. The van der Waals surface area contributed by atoms with Crippen LogP contribution in [0.3, 0.4) is 0 Å². The minimum Gasteiger partial charge on any atom is -0.456 e. The molecule has 1 N–H and O–H groups in total. The van der Waals surface area contributed by atoms with Crippen LogP contribution >= 0.6 is 22.7 Å². The first-order valence-corrected chi connectivity index (χ1v) is 18.6. The first kappa shape index (κ1) is 28.7. The van der Waals surface area contributed by atoms with Gasteiger partial charge in [0, 0.05) is 62.2 Å². The van der Waals surface area contributed by atoms with Crippen molar-refractivity contribution in [2.75, 3.05) is 0 Å². The third-order valence-electron chi connectivity index (χ3n) is 9.96. The Hall–Kier alpha value is -6.08. The van der Waals surface area contributed by atoms with E-state index in [9.17, 15) is 0 Å². The zero-order valence-corrected chi connectivity index (χ0v) is 28.8. The molecule has 0 bridgehead atoms. The number of hydrogen-bond donors (Lipinski definition) is 1. The number of rotatable bonds is 4. The van der Waals surface area contributed by atoms with E-state index < -0.39 is 0 Å². The average Bonchev–Trinajstić information content (AvgIpc) is 3.89. The monoisotopic (exact) mass is 689 g/mol. The van der Waals surface area contributed by atoms with Crippen LogP contribution in [0, 0.1) is 0 Å². The number of thiophene rings is 2. The molecule has 1 atom stereocenters. The molecule has 1 unspecified atom stereocenters. The molecule has 0 radical (unpaired) electrons. The van der Waals surface area contributed by atoms with Crippen LogP contribution < -0.4 is 5.32 Å². The number of nitrogens with zero attached hydrogens (tertiary/aromatic N) is 2. The van der Waals surface area contributed by atoms with Crippen molar-refractivity contribution in [1.29, 1.82) is 0 Å². The third-order valence-corrected chi connectivity index (χ3v) is 12.3. The lowest BCUT2D eigenvalue weighted by Gasteiger charge is -2.24. The lowest BCUT2D eigenvalue weighted by atomic mass is 9.94. The Morgan fingerprint density at radius 1 is 0.490 bits per heavy atom. The van der Waals surface area contributed by atoms with Gasteiger partial charge in [0.05, 0.1) is 0 Å². The van der Waals surface area contributed by atoms with Crippen molar-refractivity contribution in [1.82, 2.24) is 5.32 Å². The Morgan fingerprint density at radius 2 is 1.10 bits per heavy atom. The molecule has 10 aromatic rings. The topological polar surface area (TPSA) is 49.9 Å². The van der Waals surface area contributed by atoms with Crippen molar-refractivity contribution in [2.24, 2.45) is 9.98 Å². The maximum absolute atomic E-state index is 6.62. The van der Waals surface area contributed by atoms with Crippen LogP contribution in [-0.2, 0) is 0 Å². The van der Waals surface area contributed by atoms with Crippen molar-refractivity contribution in [3.8, 4) is 11.1 Å². The molecule has 1 aliphatic heterocycles. The van der Waals surface area contributed by atoms with Crippen molar-refractivity contribution >= 4 is 96.6 Å². The van der Waals surface area contributed by atoms with Gasteiger partial charge in [0.15, 0.2) is 5.84 Å². The summed E-state index contributed by atoms with van der Waals surface area (Å²) in [5, 5.41) is 10.9. The van der Waals surface area contributed by atoms with Gasteiger partial charge in [-0.1, -0.05) is 103 Å². The maximum Gasteiger partial charge on any atom is 0.159 e. The van der Waals surface area contributed by atoms with E-state index >= 15 is 0 Å². The number of fused-ring (bicyclic) bond motifs is 9. The Labute approximate surface area is 300 Å². The number of nitrogens with one attached hydrogen (secondary N) is 1. The molecule has 3 aromatic heterocycles. The number of furan rings is 1. The van der Waals surface area contributed by atoms with Crippen LogP contribution in [-0.4, -0.2) is 11.7 Å². The van der Waals surface area contributed by atoms with Gasteiger partial charge in [-0.25, -0.2) is 9.98 Å². The summed E-state index contributed by atoms with van der Waals surface area (Å²) in [6.45, 7) is 0. The smallest absolute Gasteiger partial charge is 0.159 e. The first-order chi connectivity index (χ1) is 25.3. The fourth-order valence-corrected chi connectivity index (χ4v) is 9.89. The minimum atomic E-state index is -0.317. The zero-order chi connectivity index (χ0) is 33.5. The Morgan fingerprint density at radius 3 is 1.92 bits per heavy atom. The van der Waals surface area contributed by atoms with Crippen molar-refractivity contribution in [3.63, 3.8) is 0 Å². The molecule has 4 nitrogen and oxygen atoms in total. The Balaban J connectivity index is 1.15. The molecular weight excluding hydrogens is 663 g/mol. The second-order valence-electron chi connectivity index (χ2n) is 12.9. The summed E-state index contributed by atoms with van der Waals surface area (Å²) in [5.74, 6) is 1.47. The normalized spacial score (nSPS) is 14.9. The van der Waals surface area contributed by atoms with E-state index in [2.05, 4.69) is 151 Å². The standard InChI is InChI=1S/C45H27N3OS2/c1-2-11-26(12-3-1)43-46-44(27-23-24-38-33(25-27)28-13-4-6-20-36(28)50-38)48-45(47-43)32-17-9-19-35-42(32)41-30(15-8-18-34(41)49-35)29-16-10-22-39-40(29)31-14-5-7-21-37(31)51-39/h1-25,43H,(H,46,47,48). The molecule has 4 heterocycles. The summed E-state index contributed by atoms with van der Waals surface area (Å²) in [6, 6.07) is 53.6. The van der Waals surface area contributed by atoms with Gasteiger partial charge in [0.2, 0.25) is 0 Å². The van der Waals surface area contributed by atoms with Gasteiger partial charge in [-0.2, -0.15) is 0 Å². The van der Waals surface area contributed by atoms with Crippen LogP contribution in [0.4, 0.5) is 0 Å². The van der Waals surface area contributed by atoms with Crippen molar-refractivity contribution < 1.29 is 4.42 Å². The van der Waals surface area contributed by atoms with Gasteiger partial charge in [0.25, 0.3) is 0 Å². The Kier molecular flexibility index (Phi) is 6.32. The number of benzene rings is 7. The molecule has 0 saturated carbocycles. The molecular formula is C45H27N3OS2. The van der Waals surface area contributed by atoms with E-state index in [1.54, 1.807) is 0 Å². The summed E-state index contributed by atoms with van der Waals surface area (Å²) in [6.07, 6.45) is -0.317. The summed E-state index contributed by atoms with van der Waals surface area (Å²) >= 11 is 3.66. The van der Waals surface area contributed by atoms with E-state index in [-0.39, 0.29) is 6.17 Å². The van der Waals surface area contributed by atoms with E-state index in [1.165, 1.54) is 45.9 Å². The minimum absolute atomic E-state index is 0.317. The van der Waals surface area contributed by atoms with Gasteiger partial charge >= 0.3 is 0 Å². The molecule has 0 fully saturated rings. The summed E-state index contributed by atoms with van der Waals surface area (Å²) < 4.78 is 11.7. The van der Waals surface area contributed by atoms with Crippen LogP contribution in [0.5, 0.6) is 0 Å². The van der Waals surface area contributed by atoms with Crippen LogP contribution in [0.25, 0.3) is 73.4 Å². The van der Waals surface area contributed by atoms with Crippen LogP contribution in [0.15, 0.2) is 166 Å². The van der Waals surface area contributed by atoms with E-state index in [0.29, 0.717) is 5.84 Å². The molecule has 0 amide bonds. The van der Waals surface area contributed by atoms with E-state index in [0.717, 1.165) is 50.0 Å². The second kappa shape index (κ2) is 11.2. The van der Waals surface area contributed by atoms with Crippen molar-refractivity contribution in [2.45, 2.75) is 6.17 Å². The molecule has 0 aliphatic carbocycles. The van der Waals surface area contributed by atoms with Gasteiger partial charge in [0.1, 0.15) is 23.2 Å². The average molecular weight is 690 g/mol. The molecule has 7 aromatic carbocycles. The predicted molar refractivity (Wildman–Crippen MR) is 217 cm³/mol. The highest BCUT2D eigenvalue weighted by Gasteiger charge is 2.25. The lowest BCUT2D eigenvalue weighted by molar-refractivity contribution is 0.668. The highest BCUT2D eigenvalue weighted by atomic mass is 32.1. The quantitative estimate of drug-likeness (QED) is 0.200.